The zero-order valence-corrected chi connectivity index (χ0v) is 10.3. The summed E-state index contributed by atoms with van der Waals surface area (Å²) in [5, 5.41) is 11.6. The Hall–Kier alpha value is -0.640. The number of terminal acetylenes is 1. The number of rotatable bonds is 13. The Morgan fingerprint density at radius 1 is 0.882 bits per heavy atom. The Bertz CT molecular complexity index is 182. The van der Waals surface area contributed by atoms with Crippen LogP contribution in [0.25, 0.3) is 0 Å². The number of ether oxygens (including phenoxy) is 3. The molecule has 2 N–H and O–H groups in total. The van der Waals surface area contributed by atoms with Gasteiger partial charge in [0.1, 0.15) is 0 Å². The minimum Gasteiger partial charge on any atom is -0.394 e. The minimum absolute atomic E-state index is 0.0514. The molecule has 0 saturated heterocycles. The lowest BCUT2D eigenvalue weighted by Crippen LogP contribution is -2.21. The molecule has 17 heavy (non-hydrogen) atoms. The van der Waals surface area contributed by atoms with E-state index < -0.39 is 0 Å². The average molecular weight is 245 g/mol. The molecule has 0 aliphatic heterocycles. The summed E-state index contributed by atoms with van der Waals surface area (Å²) in [6, 6.07) is 0. The smallest absolute Gasteiger partial charge is 0.0701 e. The van der Waals surface area contributed by atoms with Crippen molar-refractivity contribution in [3.63, 3.8) is 0 Å². The standard InChI is InChI=1S/C12H23NO4/c1-2-3-4-13-5-7-15-9-11-17-12-10-16-8-6-14/h1,13-14H,3-12H2. The Morgan fingerprint density at radius 3 is 2.06 bits per heavy atom. The summed E-state index contributed by atoms with van der Waals surface area (Å²) in [6.07, 6.45) is 5.85. The Labute approximate surface area is 103 Å². The second-order valence-corrected chi connectivity index (χ2v) is 3.26. The lowest BCUT2D eigenvalue weighted by atomic mass is 10.4. The van der Waals surface area contributed by atoms with E-state index in [1.54, 1.807) is 0 Å². The lowest BCUT2D eigenvalue weighted by molar-refractivity contribution is 0.00823. The first-order valence-corrected chi connectivity index (χ1v) is 5.90. The van der Waals surface area contributed by atoms with Crippen LogP contribution in [0.3, 0.4) is 0 Å². The van der Waals surface area contributed by atoms with Crippen molar-refractivity contribution in [1.29, 1.82) is 0 Å². The second kappa shape index (κ2) is 15.4. The molecule has 0 radical (unpaired) electrons. The summed E-state index contributed by atoms with van der Waals surface area (Å²) in [5.41, 5.74) is 0. The van der Waals surface area contributed by atoms with Crippen LogP contribution in [0.4, 0.5) is 0 Å². The predicted octanol–water partition coefficient (Wildman–Crippen LogP) is -0.359. The fourth-order valence-corrected chi connectivity index (χ4v) is 1.04. The third kappa shape index (κ3) is 15.4. The van der Waals surface area contributed by atoms with Gasteiger partial charge in [-0.2, -0.15) is 0 Å². The minimum atomic E-state index is 0.0514. The summed E-state index contributed by atoms with van der Waals surface area (Å²) >= 11 is 0. The van der Waals surface area contributed by atoms with Crippen LogP contribution in [-0.2, 0) is 14.2 Å². The van der Waals surface area contributed by atoms with Crippen LogP contribution in [0.2, 0.25) is 0 Å². The molecule has 100 valence electrons. The largest absolute Gasteiger partial charge is 0.394 e. The molecule has 0 aromatic heterocycles. The molecule has 0 fully saturated rings. The topological polar surface area (TPSA) is 60.0 Å². The molecule has 0 bridgehead atoms. The number of hydrogen-bond acceptors (Lipinski definition) is 5. The molecule has 0 spiro atoms. The van der Waals surface area contributed by atoms with Crippen molar-refractivity contribution in [2.75, 3.05) is 59.3 Å². The zero-order chi connectivity index (χ0) is 12.6. The molecular weight excluding hydrogens is 222 g/mol. The number of nitrogens with one attached hydrogen (secondary N) is 1. The van der Waals surface area contributed by atoms with E-state index >= 15 is 0 Å². The van der Waals surface area contributed by atoms with E-state index in [4.69, 9.17) is 25.7 Å². The van der Waals surface area contributed by atoms with Crippen LogP contribution in [0.15, 0.2) is 0 Å². The highest BCUT2D eigenvalue weighted by Gasteiger charge is 1.91. The van der Waals surface area contributed by atoms with Gasteiger partial charge in [-0.1, -0.05) is 0 Å². The highest BCUT2D eigenvalue weighted by Crippen LogP contribution is 1.81. The monoisotopic (exact) mass is 245 g/mol. The highest BCUT2D eigenvalue weighted by molar-refractivity contribution is 4.83. The first-order valence-electron chi connectivity index (χ1n) is 5.90. The maximum absolute atomic E-state index is 8.44. The van der Waals surface area contributed by atoms with Crippen molar-refractivity contribution in [2.45, 2.75) is 6.42 Å². The van der Waals surface area contributed by atoms with Crippen LogP contribution < -0.4 is 5.32 Å². The van der Waals surface area contributed by atoms with Crippen molar-refractivity contribution < 1.29 is 19.3 Å². The van der Waals surface area contributed by atoms with E-state index in [-0.39, 0.29) is 6.61 Å². The van der Waals surface area contributed by atoms with Crippen LogP contribution in [-0.4, -0.2) is 64.4 Å². The van der Waals surface area contributed by atoms with Crippen LogP contribution in [0.1, 0.15) is 6.42 Å². The van der Waals surface area contributed by atoms with E-state index in [9.17, 15) is 0 Å². The molecule has 0 aromatic rings. The van der Waals surface area contributed by atoms with Gasteiger partial charge in [0.25, 0.3) is 0 Å². The van der Waals surface area contributed by atoms with Gasteiger partial charge < -0.3 is 24.6 Å². The molecule has 0 rings (SSSR count). The van der Waals surface area contributed by atoms with Crippen LogP contribution in [0, 0.1) is 12.3 Å². The van der Waals surface area contributed by atoms with Gasteiger partial charge in [0, 0.05) is 19.5 Å². The van der Waals surface area contributed by atoms with Gasteiger partial charge >= 0.3 is 0 Å². The van der Waals surface area contributed by atoms with Gasteiger partial charge in [0.15, 0.2) is 0 Å². The normalized spacial score (nSPS) is 10.4. The summed E-state index contributed by atoms with van der Waals surface area (Å²) in [6.45, 7) is 4.90. The third-order valence-corrected chi connectivity index (χ3v) is 1.85. The van der Waals surface area contributed by atoms with Crippen molar-refractivity contribution in [1.82, 2.24) is 5.32 Å². The Balaban J connectivity index is 2.87. The zero-order valence-electron chi connectivity index (χ0n) is 10.3. The van der Waals surface area contributed by atoms with Gasteiger partial charge in [0.2, 0.25) is 0 Å². The first-order chi connectivity index (χ1) is 8.41. The van der Waals surface area contributed by atoms with Crippen LogP contribution >= 0.6 is 0 Å². The van der Waals surface area contributed by atoms with Crippen molar-refractivity contribution in [3.05, 3.63) is 0 Å². The predicted molar refractivity (Wildman–Crippen MR) is 65.9 cm³/mol. The van der Waals surface area contributed by atoms with Crippen molar-refractivity contribution in [2.24, 2.45) is 0 Å². The molecule has 0 saturated carbocycles. The average Bonchev–Trinajstić information content (AvgIpc) is 2.35. The number of aliphatic hydroxyl groups is 1. The molecule has 0 amide bonds. The van der Waals surface area contributed by atoms with E-state index in [1.165, 1.54) is 0 Å². The van der Waals surface area contributed by atoms with Gasteiger partial charge in [-0.25, -0.2) is 0 Å². The summed E-state index contributed by atoms with van der Waals surface area (Å²) in [4.78, 5) is 0. The summed E-state index contributed by atoms with van der Waals surface area (Å²) in [5.74, 6) is 2.56. The van der Waals surface area contributed by atoms with Crippen molar-refractivity contribution >= 4 is 0 Å². The molecular formula is C12H23NO4. The van der Waals surface area contributed by atoms with Gasteiger partial charge in [0.05, 0.1) is 46.2 Å². The molecule has 0 unspecified atom stereocenters. The number of hydrogen-bond donors (Lipinski definition) is 2. The van der Waals surface area contributed by atoms with E-state index in [0.29, 0.717) is 39.6 Å². The molecule has 0 heterocycles. The highest BCUT2D eigenvalue weighted by atomic mass is 16.5. The maximum atomic E-state index is 8.44. The van der Waals surface area contributed by atoms with Gasteiger partial charge in [-0.05, 0) is 0 Å². The third-order valence-electron chi connectivity index (χ3n) is 1.85. The summed E-state index contributed by atoms with van der Waals surface area (Å²) < 4.78 is 15.6. The Kier molecular flexibility index (Phi) is 14.8. The van der Waals surface area contributed by atoms with E-state index in [0.717, 1.165) is 19.5 Å². The molecule has 5 heteroatoms. The molecule has 5 nitrogen and oxygen atoms in total. The van der Waals surface area contributed by atoms with Gasteiger partial charge in [-0.15, -0.1) is 12.3 Å². The van der Waals surface area contributed by atoms with Crippen molar-refractivity contribution in [3.8, 4) is 12.3 Å². The fraction of sp³-hybridized carbons (Fsp3) is 0.833. The molecule has 0 aromatic carbocycles. The lowest BCUT2D eigenvalue weighted by Gasteiger charge is -2.06. The maximum Gasteiger partial charge on any atom is 0.0701 e. The molecule has 0 atom stereocenters. The van der Waals surface area contributed by atoms with Gasteiger partial charge in [-0.3, -0.25) is 0 Å². The second-order valence-electron chi connectivity index (χ2n) is 3.26. The SMILES string of the molecule is C#CCCNCCOCCOCCOCCO. The van der Waals surface area contributed by atoms with E-state index in [1.807, 2.05) is 0 Å². The number of aliphatic hydroxyl groups excluding tert-OH is 1. The summed E-state index contributed by atoms with van der Waals surface area (Å²) in [7, 11) is 0. The first kappa shape index (κ1) is 16.4. The fourth-order valence-electron chi connectivity index (χ4n) is 1.04. The molecule has 0 aliphatic carbocycles. The quantitative estimate of drug-likeness (QED) is 0.343. The molecule has 0 aliphatic rings. The Morgan fingerprint density at radius 2 is 1.47 bits per heavy atom. The van der Waals surface area contributed by atoms with Crippen LogP contribution in [0.5, 0.6) is 0 Å². The van der Waals surface area contributed by atoms with E-state index in [2.05, 4.69) is 11.2 Å².